The molecule has 1 unspecified atom stereocenters. The number of thiophene rings is 1. The van der Waals surface area contributed by atoms with Gasteiger partial charge in [-0.15, -0.1) is 11.3 Å². The molecular weight excluding hydrogens is 265 g/mol. The van der Waals surface area contributed by atoms with Gasteiger partial charge in [-0.1, -0.05) is 12.1 Å². The molecule has 1 aromatic heterocycles. The molecule has 2 aromatic rings. The average Bonchev–Trinajstić information content (AvgIpc) is 2.90. The van der Waals surface area contributed by atoms with Crippen molar-refractivity contribution in [1.82, 2.24) is 5.32 Å². The van der Waals surface area contributed by atoms with Crippen molar-refractivity contribution < 1.29 is 13.9 Å². The molecule has 0 fully saturated rings. The molecule has 5 heteroatoms. The van der Waals surface area contributed by atoms with Crippen LogP contribution in [-0.4, -0.2) is 12.5 Å². The van der Waals surface area contributed by atoms with E-state index < -0.39 is 0 Å². The van der Waals surface area contributed by atoms with E-state index in [-0.39, 0.29) is 24.4 Å². The molecule has 0 radical (unpaired) electrons. The Balaban J connectivity index is 1.82. The number of benzene rings is 1. The summed E-state index contributed by atoms with van der Waals surface area (Å²) >= 11 is 1.58. The van der Waals surface area contributed by atoms with E-state index in [4.69, 9.17) is 4.74 Å². The summed E-state index contributed by atoms with van der Waals surface area (Å²) in [5.41, 5.74) is 0. The SMILES string of the molecule is CC(NC(=O)COc1cccc(F)c1)c1cccs1. The Morgan fingerprint density at radius 1 is 1.42 bits per heavy atom. The number of halogens is 1. The number of ether oxygens (including phenoxy) is 1. The fourth-order valence-electron chi connectivity index (χ4n) is 1.60. The predicted octanol–water partition coefficient (Wildman–Crippen LogP) is 3.14. The first-order valence-corrected chi connectivity index (χ1v) is 6.74. The number of rotatable bonds is 5. The maximum Gasteiger partial charge on any atom is 0.258 e. The molecule has 1 heterocycles. The van der Waals surface area contributed by atoms with Crippen molar-refractivity contribution >= 4 is 17.2 Å². The highest BCUT2D eigenvalue weighted by Crippen LogP contribution is 2.18. The standard InChI is InChI=1S/C14H14FNO2S/c1-10(13-6-3-7-19-13)16-14(17)9-18-12-5-2-4-11(15)8-12/h2-8,10H,9H2,1H3,(H,16,17). The third-order valence-electron chi connectivity index (χ3n) is 2.51. The van der Waals surface area contributed by atoms with Crippen LogP contribution in [0.5, 0.6) is 5.75 Å². The first-order chi connectivity index (χ1) is 9.15. The fourth-order valence-corrected chi connectivity index (χ4v) is 2.33. The average molecular weight is 279 g/mol. The van der Waals surface area contributed by atoms with E-state index in [1.54, 1.807) is 17.4 Å². The molecule has 3 nitrogen and oxygen atoms in total. The second kappa shape index (κ2) is 6.33. The van der Waals surface area contributed by atoms with Crippen molar-refractivity contribution in [3.63, 3.8) is 0 Å². The first kappa shape index (κ1) is 13.5. The molecule has 0 aliphatic carbocycles. The Morgan fingerprint density at radius 2 is 2.26 bits per heavy atom. The molecule has 1 atom stereocenters. The quantitative estimate of drug-likeness (QED) is 0.913. The van der Waals surface area contributed by atoms with Gasteiger partial charge in [-0.05, 0) is 30.5 Å². The summed E-state index contributed by atoms with van der Waals surface area (Å²) in [6, 6.07) is 9.57. The number of carbonyl (C=O) groups is 1. The third kappa shape index (κ3) is 4.06. The number of nitrogens with one attached hydrogen (secondary N) is 1. The van der Waals surface area contributed by atoms with E-state index in [2.05, 4.69) is 5.32 Å². The zero-order valence-electron chi connectivity index (χ0n) is 10.4. The van der Waals surface area contributed by atoms with Crippen molar-refractivity contribution in [3.05, 3.63) is 52.5 Å². The van der Waals surface area contributed by atoms with Crippen molar-refractivity contribution in [3.8, 4) is 5.75 Å². The summed E-state index contributed by atoms with van der Waals surface area (Å²) in [4.78, 5) is 12.8. The molecule has 0 saturated heterocycles. The number of hydrogen-bond acceptors (Lipinski definition) is 3. The van der Waals surface area contributed by atoms with Gasteiger partial charge in [0.2, 0.25) is 0 Å². The minimum Gasteiger partial charge on any atom is -0.484 e. The van der Waals surface area contributed by atoms with Crippen LogP contribution in [0.25, 0.3) is 0 Å². The Kier molecular flexibility index (Phi) is 4.52. The topological polar surface area (TPSA) is 38.3 Å². The molecule has 0 spiro atoms. The van der Waals surface area contributed by atoms with Crippen LogP contribution in [-0.2, 0) is 4.79 Å². The van der Waals surface area contributed by atoms with E-state index in [9.17, 15) is 9.18 Å². The van der Waals surface area contributed by atoms with Crippen molar-refractivity contribution in [1.29, 1.82) is 0 Å². The van der Waals surface area contributed by atoms with Gasteiger partial charge in [0.25, 0.3) is 5.91 Å². The minimum absolute atomic E-state index is 0.0522. The lowest BCUT2D eigenvalue weighted by molar-refractivity contribution is -0.123. The van der Waals surface area contributed by atoms with Gasteiger partial charge in [0.15, 0.2) is 6.61 Å². The van der Waals surface area contributed by atoms with Crippen molar-refractivity contribution in [2.24, 2.45) is 0 Å². The van der Waals surface area contributed by atoms with E-state index >= 15 is 0 Å². The summed E-state index contributed by atoms with van der Waals surface area (Å²) < 4.78 is 18.1. The second-order valence-electron chi connectivity index (χ2n) is 4.05. The first-order valence-electron chi connectivity index (χ1n) is 5.86. The largest absolute Gasteiger partial charge is 0.484 e. The van der Waals surface area contributed by atoms with Crippen LogP contribution in [0.15, 0.2) is 41.8 Å². The highest BCUT2D eigenvalue weighted by Gasteiger charge is 2.10. The zero-order chi connectivity index (χ0) is 13.7. The third-order valence-corrected chi connectivity index (χ3v) is 3.57. The summed E-state index contributed by atoms with van der Waals surface area (Å²) in [6.07, 6.45) is 0. The van der Waals surface area contributed by atoms with Crippen LogP contribution in [0.1, 0.15) is 17.8 Å². The smallest absolute Gasteiger partial charge is 0.258 e. The lowest BCUT2D eigenvalue weighted by atomic mass is 10.3. The van der Waals surface area contributed by atoms with Crippen molar-refractivity contribution in [2.75, 3.05) is 6.61 Å². The van der Waals surface area contributed by atoms with Gasteiger partial charge in [-0.2, -0.15) is 0 Å². The molecule has 0 aliphatic heterocycles. The summed E-state index contributed by atoms with van der Waals surface area (Å²) in [5, 5.41) is 4.78. The zero-order valence-corrected chi connectivity index (χ0v) is 11.2. The molecule has 2 rings (SSSR count). The normalized spacial score (nSPS) is 11.9. The summed E-state index contributed by atoms with van der Waals surface area (Å²) in [7, 11) is 0. The Bertz CT molecular complexity index is 542. The molecular formula is C14H14FNO2S. The molecule has 100 valence electrons. The Hall–Kier alpha value is -1.88. The van der Waals surface area contributed by atoms with Gasteiger partial charge in [-0.25, -0.2) is 4.39 Å². The number of amides is 1. The Morgan fingerprint density at radius 3 is 2.95 bits per heavy atom. The van der Waals surface area contributed by atoms with Gasteiger partial charge in [0.1, 0.15) is 11.6 Å². The molecule has 0 aliphatic rings. The molecule has 1 aromatic carbocycles. The van der Waals surface area contributed by atoms with Crippen LogP contribution >= 0.6 is 11.3 Å². The molecule has 1 N–H and O–H groups in total. The fraction of sp³-hybridized carbons (Fsp3) is 0.214. The van der Waals surface area contributed by atoms with E-state index in [0.717, 1.165) is 4.88 Å². The van der Waals surface area contributed by atoms with Crippen molar-refractivity contribution in [2.45, 2.75) is 13.0 Å². The number of carbonyl (C=O) groups excluding carboxylic acids is 1. The van der Waals surface area contributed by atoms with E-state index in [1.807, 2.05) is 24.4 Å². The van der Waals surface area contributed by atoms with Crippen LogP contribution in [0.3, 0.4) is 0 Å². The lowest BCUT2D eigenvalue weighted by Crippen LogP contribution is -2.30. The molecule has 1 amide bonds. The summed E-state index contributed by atoms with van der Waals surface area (Å²) in [5.74, 6) is -0.269. The monoisotopic (exact) mass is 279 g/mol. The lowest BCUT2D eigenvalue weighted by Gasteiger charge is -2.12. The number of hydrogen-bond donors (Lipinski definition) is 1. The van der Waals surface area contributed by atoms with Crippen LogP contribution in [0, 0.1) is 5.82 Å². The van der Waals surface area contributed by atoms with Gasteiger partial charge in [0.05, 0.1) is 6.04 Å². The maximum absolute atomic E-state index is 12.9. The minimum atomic E-state index is -0.384. The predicted molar refractivity (Wildman–Crippen MR) is 72.8 cm³/mol. The highest BCUT2D eigenvalue weighted by atomic mass is 32.1. The van der Waals surface area contributed by atoms with Crippen LogP contribution in [0.4, 0.5) is 4.39 Å². The van der Waals surface area contributed by atoms with Crippen LogP contribution < -0.4 is 10.1 Å². The Labute approximate surface area is 115 Å². The van der Waals surface area contributed by atoms with Gasteiger partial charge in [-0.3, -0.25) is 4.79 Å². The van der Waals surface area contributed by atoms with Crippen LogP contribution in [0.2, 0.25) is 0 Å². The summed E-state index contributed by atoms with van der Waals surface area (Å²) in [6.45, 7) is 1.78. The maximum atomic E-state index is 12.9. The highest BCUT2D eigenvalue weighted by molar-refractivity contribution is 7.10. The molecule has 19 heavy (non-hydrogen) atoms. The molecule has 0 bridgehead atoms. The molecule has 0 saturated carbocycles. The van der Waals surface area contributed by atoms with Gasteiger partial charge < -0.3 is 10.1 Å². The second-order valence-corrected chi connectivity index (χ2v) is 5.03. The van der Waals surface area contributed by atoms with E-state index in [0.29, 0.717) is 5.75 Å². The van der Waals surface area contributed by atoms with Gasteiger partial charge in [0, 0.05) is 10.9 Å². The van der Waals surface area contributed by atoms with E-state index in [1.165, 1.54) is 18.2 Å². The van der Waals surface area contributed by atoms with Gasteiger partial charge >= 0.3 is 0 Å².